The maximum absolute atomic E-state index is 15.2. The number of carbonyl (C=O) groups is 9. The van der Waals surface area contributed by atoms with E-state index in [1.807, 2.05) is 60.7 Å². The summed E-state index contributed by atoms with van der Waals surface area (Å²) in [5, 5.41) is 4.51. The number of esters is 9. The number of azide groups is 1. The summed E-state index contributed by atoms with van der Waals surface area (Å²) in [6.07, 6.45) is -15.6. The van der Waals surface area contributed by atoms with E-state index in [1.54, 1.807) is 104 Å². The molecule has 2 aromatic carbocycles. The summed E-state index contributed by atoms with van der Waals surface area (Å²) in [6.45, 7) is 33.8. The maximum atomic E-state index is 15.2. The van der Waals surface area contributed by atoms with Crippen molar-refractivity contribution < 1.29 is 119 Å². The molecule has 3 saturated heterocycles. The van der Waals surface area contributed by atoms with E-state index in [0.29, 0.717) is 12.8 Å². The summed E-state index contributed by atoms with van der Waals surface area (Å²) in [5.74, 6) is -7.89. The monoisotopic (exact) mass is 1610 g/mol. The normalized spacial score (nSPS) is 25.1. The van der Waals surface area contributed by atoms with Crippen LogP contribution >= 0.6 is 0 Å². The van der Waals surface area contributed by atoms with Crippen molar-refractivity contribution in [2.75, 3.05) is 13.2 Å². The third kappa shape index (κ3) is 31.3. The van der Waals surface area contributed by atoms with Crippen molar-refractivity contribution in [2.24, 2.45) is 37.6 Å². The quantitative estimate of drug-likeness (QED) is 0.0150. The van der Waals surface area contributed by atoms with Crippen LogP contribution in [0.15, 0.2) is 65.8 Å². The molecule has 0 N–H and O–H groups in total. The molecule has 3 aliphatic rings. The molecule has 0 unspecified atom stereocenters. The van der Waals surface area contributed by atoms with Crippen LogP contribution in [-0.2, 0) is 132 Å². The Hall–Kier alpha value is -7.30. The van der Waals surface area contributed by atoms with Gasteiger partial charge in [0.25, 0.3) is 0 Å². The Kier molecular flexibility index (Phi) is 37.8. The number of ether oxygens (including phenoxy) is 16. The second kappa shape index (κ2) is 44.3. The van der Waals surface area contributed by atoms with Gasteiger partial charge in [0, 0.05) is 25.7 Å². The summed E-state index contributed by atoms with van der Waals surface area (Å²) in [5.41, 5.74) is 4.76. The van der Waals surface area contributed by atoms with Crippen LogP contribution in [0.5, 0.6) is 0 Å². The average Bonchev–Trinajstić information content (AvgIpc) is 0.754. The van der Waals surface area contributed by atoms with Crippen LogP contribution in [0.3, 0.4) is 0 Å². The molecule has 3 fully saturated rings. The summed E-state index contributed by atoms with van der Waals surface area (Å²) in [4.78, 5) is 131. The number of hydrogen-bond donors (Lipinski definition) is 0. The Morgan fingerprint density at radius 1 is 0.404 bits per heavy atom. The topological polar surface area (TPSA) is 350 Å². The molecule has 0 aliphatic carbocycles. The van der Waals surface area contributed by atoms with Gasteiger partial charge in [-0.1, -0.05) is 150 Å². The lowest BCUT2D eigenvalue weighted by Crippen LogP contribution is -2.69. The largest absolute Gasteiger partial charge is 0.462 e. The lowest BCUT2D eigenvalue weighted by molar-refractivity contribution is -0.375. The molecule has 2 aromatic rings. The van der Waals surface area contributed by atoms with Crippen molar-refractivity contribution in [2.45, 2.75) is 373 Å². The lowest BCUT2D eigenvalue weighted by Gasteiger charge is -2.51. The molecule has 0 bridgehead atoms. The van der Waals surface area contributed by atoms with Crippen LogP contribution in [-0.4, -0.2) is 177 Å². The molecule has 18 atom stereocenters. The summed E-state index contributed by atoms with van der Waals surface area (Å²) >= 11 is 0. The molecular formula is C86H133N3O25. The molecule has 0 amide bonds. The first-order valence-electron chi connectivity index (χ1n) is 40.5. The minimum atomic E-state index is -2.16. The highest BCUT2D eigenvalue weighted by atomic mass is 16.8. The minimum absolute atomic E-state index is 0.00522. The fourth-order valence-electron chi connectivity index (χ4n) is 12.7. The molecule has 114 heavy (non-hydrogen) atoms. The number of unbranched alkanes of at least 4 members (excludes halogenated alkanes) is 11. The van der Waals surface area contributed by atoms with Crippen molar-refractivity contribution in [3.63, 3.8) is 0 Å². The van der Waals surface area contributed by atoms with E-state index in [1.165, 1.54) is 66.2 Å². The standard InChI is InChI=1S/C86H133N3O25/c1-24-25-26-27-28-29-30-31-32-33-34-41-46-59(99-48-56-42-37-35-38-43-56)64(100-49-57-44-39-36-40-45-57)58(88-89-87)47-60-65(111-77(95)83(12,13)14)69(113-79(97)85(18,19)20)66(61(107-60)50-101-75(93)81(6,7)8)109-74-72(114-80(98)86(21,22)23)70(67(112-78(96)84(15,16)17)62(108-74)51-102-76(94)82(9,10)11)110-73-71(106-55(5)92)68(105-54(4)91)63(52(2)103-73)104-53(3)90/h35-40,42-45,52,58-74H,24-34,41,46-51H2,1-23H3/t52-,58+,59-,60+,61-,62-,63+,64+,65+,66-,67+,68+,69-,70+,71-,72-,73-,74+/m1/s1. The average molecular weight is 1610 g/mol. The number of benzene rings is 2. The number of rotatable bonds is 39. The third-order valence-corrected chi connectivity index (χ3v) is 19.3. The zero-order chi connectivity index (χ0) is 85.3. The Morgan fingerprint density at radius 2 is 0.754 bits per heavy atom. The van der Waals surface area contributed by atoms with Gasteiger partial charge in [0.05, 0.1) is 76.2 Å². The van der Waals surface area contributed by atoms with Crippen LogP contribution in [0.4, 0.5) is 0 Å². The molecule has 3 aliphatic heterocycles. The smallest absolute Gasteiger partial charge is 0.311 e. The molecule has 0 radical (unpaired) electrons. The van der Waals surface area contributed by atoms with Gasteiger partial charge < -0.3 is 75.8 Å². The third-order valence-electron chi connectivity index (χ3n) is 19.3. The molecule has 0 saturated carbocycles. The Balaban J connectivity index is 1.87. The van der Waals surface area contributed by atoms with E-state index in [-0.39, 0.29) is 19.6 Å². The molecular weight excluding hydrogens is 1470 g/mol. The second-order valence-corrected chi connectivity index (χ2v) is 36.3. The molecule has 0 spiro atoms. The second-order valence-electron chi connectivity index (χ2n) is 36.3. The predicted octanol–water partition coefficient (Wildman–Crippen LogP) is 15.1. The van der Waals surface area contributed by atoms with Crippen LogP contribution in [0.25, 0.3) is 10.4 Å². The zero-order valence-electron chi connectivity index (χ0n) is 71.9. The summed E-state index contributed by atoms with van der Waals surface area (Å²) < 4.78 is 105. The number of hydrogen-bond acceptors (Lipinski definition) is 26. The molecule has 3 heterocycles. The van der Waals surface area contributed by atoms with E-state index in [9.17, 15) is 34.3 Å². The Labute approximate surface area is 675 Å². The first-order valence-corrected chi connectivity index (χ1v) is 40.5. The summed E-state index contributed by atoms with van der Waals surface area (Å²) in [7, 11) is 0. The lowest BCUT2D eigenvalue weighted by atomic mass is 9.87. The highest BCUT2D eigenvalue weighted by molar-refractivity contribution is 5.78. The van der Waals surface area contributed by atoms with Gasteiger partial charge in [0.15, 0.2) is 55.3 Å². The van der Waals surface area contributed by atoms with Crippen molar-refractivity contribution in [3.05, 3.63) is 82.2 Å². The van der Waals surface area contributed by atoms with E-state index in [4.69, 9.17) is 75.8 Å². The van der Waals surface area contributed by atoms with Gasteiger partial charge in [-0.05, 0) is 161 Å². The molecule has 642 valence electrons. The minimum Gasteiger partial charge on any atom is -0.462 e. The zero-order valence-corrected chi connectivity index (χ0v) is 71.9. The summed E-state index contributed by atoms with van der Waals surface area (Å²) in [6, 6.07) is 17.7. The van der Waals surface area contributed by atoms with Crippen LogP contribution < -0.4 is 0 Å². The van der Waals surface area contributed by atoms with Gasteiger partial charge in [0.2, 0.25) is 0 Å². The predicted molar refractivity (Wildman–Crippen MR) is 420 cm³/mol. The van der Waals surface area contributed by atoms with Gasteiger partial charge in [0.1, 0.15) is 37.6 Å². The Bertz CT molecular complexity index is 3430. The fourth-order valence-corrected chi connectivity index (χ4v) is 12.7. The first-order chi connectivity index (χ1) is 53.1. The van der Waals surface area contributed by atoms with E-state index < -0.39 is 210 Å². The van der Waals surface area contributed by atoms with Crippen molar-refractivity contribution in [1.29, 1.82) is 0 Å². The molecule has 0 aromatic heterocycles. The van der Waals surface area contributed by atoms with Crippen LogP contribution in [0.1, 0.15) is 260 Å². The van der Waals surface area contributed by atoms with E-state index >= 15 is 14.4 Å². The van der Waals surface area contributed by atoms with Gasteiger partial charge in [-0.2, -0.15) is 0 Å². The van der Waals surface area contributed by atoms with Crippen molar-refractivity contribution in [3.8, 4) is 0 Å². The highest BCUT2D eigenvalue weighted by Gasteiger charge is 2.61. The molecule has 5 rings (SSSR count). The number of carbonyl (C=O) groups excluding carboxylic acids is 9. The van der Waals surface area contributed by atoms with E-state index in [2.05, 4.69) is 16.9 Å². The number of nitrogens with zero attached hydrogens (tertiary/aromatic N) is 3. The van der Waals surface area contributed by atoms with Crippen LogP contribution in [0.2, 0.25) is 0 Å². The van der Waals surface area contributed by atoms with E-state index in [0.717, 1.165) is 64.0 Å². The highest BCUT2D eigenvalue weighted by Crippen LogP contribution is 2.42. The van der Waals surface area contributed by atoms with Gasteiger partial charge in [-0.25, -0.2) is 0 Å². The van der Waals surface area contributed by atoms with Gasteiger partial charge >= 0.3 is 53.7 Å². The SMILES string of the molecule is CCCCCCCCCCCCCC[C@@H](OCc1ccccc1)[C@@H](OCc1ccccc1)[C@H](C[C@@H]1O[C@H](COC(=O)C(C)(C)C)[C@@H](O[C@@H]2O[C@H](COC(=O)C(C)(C)C)[C@H](OC(=O)C(C)(C)C)[C@H](O[C@H]3O[C@H](C)[C@H](OC(C)=O)[C@H](OC(C)=O)[C@H]3OC(C)=O)[C@H]2OC(=O)C(C)(C)C)[C@H](OC(=O)C(C)(C)C)[C@H]1OC(=O)C(C)(C)C)N=[N+]=[N-]. The molecule has 28 nitrogen and oxygen atoms in total. The maximum Gasteiger partial charge on any atom is 0.311 e. The van der Waals surface area contributed by atoms with Gasteiger partial charge in [-0.3, -0.25) is 43.2 Å². The Morgan fingerprint density at radius 3 is 1.18 bits per heavy atom. The fraction of sp³-hybridized carbons (Fsp3) is 0.756. The van der Waals surface area contributed by atoms with Crippen molar-refractivity contribution in [1.82, 2.24) is 0 Å². The van der Waals surface area contributed by atoms with Crippen molar-refractivity contribution >= 4 is 53.7 Å². The van der Waals surface area contributed by atoms with Gasteiger partial charge in [-0.15, -0.1) is 0 Å². The first kappa shape index (κ1) is 97.3. The molecule has 28 heteroatoms. The van der Waals surface area contributed by atoms with Crippen LogP contribution in [0, 0.1) is 32.5 Å².